The van der Waals surface area contributed by atoms with Crippen LogP contribution in [0.1, 0.15) is 15.9 Å². The van der Waals surface area contributed by atoms with Gasteiger partial charge in [0.2, 0.25) is 5.88 Å². The Morgan fingerprint density at radius 3 is 2.84 bits per heavy atom. The van der Waals surface area contributed by atoms with Gasteiger partial charge < -0.3 is 9.84 Å². The summed E-state index contributed by atoms with van der Waals surface area (Å²) >= 11 is 3.19. The summed E-state index contributed by atoms with van der Waals surface area (Å²) in [5.74, 6) is -1.99. The Labute approximate surface area is 117 Å². The number of carbonyl (C=O) groups is 1. The predicted octanol–water partition coefficient (Wildman–Crippen LogP) is 3.78. The number of halogens is 2. The van der Waals surface area contributed by atoms with Crippen molar-refractivity contribution >= 4 is 21.9 Å². The Bertz CT molecular complexity index is 646. The number of rotatable bonds is 3. The summed E-state index contributed by atoms with van der Waals surface area (Å²) in [6.45, 7) is 1.62. The molecule has 0 unspecified atom stereocenters. The molecule has 6 heteroatoms. The number of benzene rings is 1. The molecule has 2 aromatic rings. The Morgan fingerprint density at radius 1 is 1.42 bits per heavy atom. The molecule has 2 rings (SSSR count). The first-order valence-electron chi connectivity index (χ1n) is 5.31. The minimum atomic E-state index is -1.17. The lowest BCUT2D eigenvalue weighted by molar-refractivity contribution is 0.0692. The minimum Gasteiger partial charge on any atom is -0.477 e. The topological polar surface area (TPSA) is 59.4 Å². The Balaban J connectivity index is 2.46. The maximum absolute atomic E-state index is 13.6. The van der Waals surface area contributed by atoms with Crippen LogP contribution in [0.15, 0.2) is 34.9 Å². The number of aromatic nitrogens is 1. The number of pyridine rings is 1. The van der Waals surface area contributed by atoms with Crippen LogP contribution in [0, 0.1) is 12.7 Å². The molecule has 0 amide bonds. The van der Waals surface area contributed by atoms with Crippen LogP contribution in [-0.4, -0.2) is 16.1 Å². The highest BCUT2D eigenvalue weighted by Crippen LogP contribution is 2.29. The van der Waals surface area contributed by atoms with Crippen molar-refractivity contribution in [3.63, 3.8) is 0 Å². The average Bonchev–Trinajstić information content (AvgIpc) is 2.33. The van der Waals surface area contributed by atoms with Gasteiger partial charge in [-0.25, -0.2) is 14.2 Å². The first-order chi connectivity index (χ1) is 8.99. The standard InChI is InChI=1S/C13H9BrFNO3/c1-7-4-5-16-12(11(7)13(17)18)19-10-6-8(14)2-3-9(10)15/h2-6H,1H3,(H,17,18). The van der Waals surface area contributed by atoms with Gasteiger partial charge in [0.1, 0.15) is 5.56 Å². The molecule has 98 valence electrons. The molecule has 0 saturated carbocycles. The van der Waals surface area contributed by atoms with Crippen LogP contribution in [0.5, 0.6) is 11.6 Å². The van der Waals surface area contributed by atoms with Crippen LogP contribution in [0.2, 0.25) is 0 Å². The maximum atomic E-state index is 13.6. The van der Waals surface area contributed by atoms with Gasteiger partial charge in [0, 0.05) is 10.7 Å². The molecule has 0 aliphatic heterocycles. The SMILES string of the molecule is Cc1ccnc(Oc2cc(Br)ccc2F)c1C(=O)O. The van der Waals surface area contributed by atoms with Crippen molar-refractivity contribution in [3.8, 4) is 11.6 Å². The van der Waals surface area contributed by atoms with Gasteiger partial charge in [-0.05, 0) is 36.8 Å². The number of aromatic carboxylic acids is 1. The molecule has 19 heavy (non-hydrogen) atoms. The van der Waals surface area contributed by atoms with E-state index in [1.54, 1.807) is 13.0 Å². The zero-order valence-corrected chi connectivity index (χ0v) is 11.4. The highest BCUT2D eigenvalue weighted by Gasteiger charge is 2.17. The van der Waals surface area contributed by atoms with Crippen LogP contribution in [-0.2, 0) is 0 Å². The van der Waals surface area contributed by atoms with E-state index in [1.807, 2.05) is 0 Å². The van der Waals surface area contributed by atoms with E-state index >= 15 is 0 Å². The van der Waals surface area contributed by atoms with Gasteiger partial charge in [-0.3, -0.25) is 0 Å². The van der Waals surface area contributed by atoms with E-state index in [-0.39, 0.29) is 17.2 Å². The molecule has 0 radical (unpaired) electrons. The van der Waals surface area contributed by atoms with Gasteiger partial charge in [-0.15, -0.1) is 0 Å². The molecule has 0 aliphatic carbocycles. The van der Waals surface area contributed by atoms with E-state index in [4.69, 9.17) is 9.84 Å². The average molecular weight is 326 g/mol. The van der Waals surface area contributed by atoms with Crippen LogP contribution >= 0.6 is 15.9 Å². The first-order valence-corrected chi connectivity index (χ1v) is 6.10. The van der Waals surface area contributed by atoms with Crippen LogP contribution in [0.4, 0.5) is 4.39 Å². The van der Waals surface area contributed by atoms with E-state index in [2.05, 4.69) is 20.9 Å². The summed E-state index contributed by atoms with van der Waals surface area (Å²) in [4.78, 5) is 15.0. The second-order valence-corrected chi connectivity index (χ2v) is 4.71. The van der Waals surface area contributed by atoms with Crippen molar-refractivity contribution in [2.24, 2.45) is 0 Å². The molecule has 0 atom stereocenters. The molecule has 0 saturated heterocycles. The quantitative estimate of drug-likeness (QED) is 0.932. The number of hydrogen-bond donors (Lipinski definition) is 1. The normalized spacial score (nSPS) is 10.3. The second-order valence-electron chi connectivity index (χ2n) is 3.79. The van der Waals surface area contributed by atoms with Crippen molar-refractivity contribution in [1.82, 2.24) is 4.98 Å². The van der Waals surface area contributed by atoms with Gasteiger partial charge >= 0.3 is 5.97 Å². The van der Waals surface area contributed by atoms with Crippen LogP contribution in [0.3, 0.4) is 0 Å². The van der Waals surface area contributed by atoms with Gasteiger partial charge in [0.05, 0.1) is 0 Å². The summed E-state index contributed by atoms with van der Waals surface area (Å²) in [7, 11) is 0. The minimum absolute atomic E-state index is 0.0816. The monoisotopic (exact) mass is 325 g/mol. The molecule has 0 spiro atoms. The smallest absolute Gasteiger partial charge is 0.341 e. The third kappa shape index (κ3) is 2.90. The van der Waals surface area contributed by atoms with Crippen molar-refractivity contribution in [2.75, 3.05) is 0 Å². The van der Waals surface area contributed by atoms with E-state index in [9.17, 15) is 9.18 Å². The lowest BCUT2D eigenvalue weighted by Gasteiger charge is -2.10. The summed E-state index contributed by atoms with van der Waals surface area (Å²) in [5, 5.41) is 9.13. The zero-order chi connectivity index (χ0) is 14.0. The molecular weight excluding hydrogens is 317 g/mol. The lowest BCUT2D eigenvalue weighted by Crippen LogP contribution is -2.05. The highest BCUT2D eigenvalue weighted by molar-refractivity contribution is 9.10. The molecule has 1 aromatic heterocycles. The molecule has 0 aliphatic rings. The summed E-state index contributed by atoms with van der Waals surface area (Å²) < 4.78 is 19.5. The maximum Gasteiger partial charge on any atom is 0.341 e. The number of carboxylic acid groups (broad SMARTS) is 1. The summed E-state index contributed by atoms with van der Waals surface area (Å²) in [6.07, 6.45) is 1.41. The van der Waals surface area contributed by atoms with Crippen molar-refractivity contribution < 1.29 is 19.0 Å². The Kier molecular flexibility index (Phi) is 3.80. The largest absolute Gasteiger partial charge is 0.477 e. The lowest BCUT2D eigenvalue weighted by atomic mass is 10.1. The predicted molar refractivity (Wildman–Crippen MR) is 70.1 cm³/mol. The molecular formula is C13H9BrFNO3. The first kappa shape index (κ1) is 13.5. The molecule has 0 fully saturated rings. The number of aryl methyl sites for hydroxylation is 1. The van der Waals surface area contributed by atoms with E-state index < -0.39 is 11.8 Å². The van der Waals surface area contributed by atoms with Crippen LogP contribution < -0.4 is 4.74 Å². The van der Waals surface area contributed by atoms with Gasteiger partial charge in [0.25, 0.3) is 0 Å². The second kappa shape index (κ2) is 5.36. The molecule has 1 N–H and O–H groups in total. The fourth-order valence-corrected chi connectivity index (χ4v) is 1.87. The Morgan fingerprint density at radius 2 is 2.16 bits per heavy atom. The number of carboxylic acids is 1. The third-order valence-corrected chi connectivity index (χ3v) is 2.93. The van der Waals surface area contributed by atoms with Gasteiger partial charge in [-0.1, -0.05) is 15.9 Å². The molecule has 0 bridgehead atoms. The summed E-state index contributed by atoms with van der Waals surface area (Å²) in [6, 6.07) is 5.69. The molecule has 4 nitrogen and oxygen atoms in total. The highest BCUT2D eigenvalue weighted by atomic mass is 79.9. The van der Waals surface area contributed by atoms with Gasteiger partial charge in [0.15, 0.2) is 11.6 Å². The fraction of sp³-hybridized carbons (Fsp3) is 0.0769. The third-order valence-electron chi connectivity index (χ3n) is 2.44. The van der Waals surface area contributed by atoms with Crippen molar-refractivity contribution in [1.29, 1.82) is 0 Å². The number of nitrogens with zero attached hydrogens (tertiary/aromatic N) is 1. The molecule has 1 heterocycles. The fourth-order valence-electron chi connectivity index (χ4n) is 1.53. The van der Waals surface area contributed by atoms with E-state index in [0.717, 1.165) is 0 Å². The Hall–Kier alpha value is -1.95. The number of hydrogen-bond acceptors (Lipinski definition) is 3. The van der Waals surface area contributed by atoms with E-state index in [1.165, 1.54) is 24.4 Å². The van der Waals surface area contributed by atoms with Crippen molar-refractivity contribution in [3.05, 3.63) is 51.9 Å². The zero-order valence-electron chi connectivity index (χ0n) is 9.85. The summed E-state index contributed by atoms with van der Waals surface area (Å²) in [5.41, 5.74) is 0.412. The van der Waals surface area contributed by atoms with E-state index in [0.29, 0.717) is 10.0 Å². The molecule has 1 aromatic carbocycles. The van der Waals surface area contributed by atoms with Crippen LogP contribution in [0.25, 0.3) is 0 Å². The van der Waals surface area contributed by atoms with Gasteiger partial charge in [-0.2, -0.15) is 0 Å². The van der Waals surface area contributed by atoms with Crippen molar-refractivity contribution in [2.45, 2.75) is 6.92 Å². The number of ether oxygens (including phenoxy) is 1.